The second-order valence-electron chi connectivity index (χ2n) is 8.80. The van der Waals surface area contributed by atoms with Gasteiger partial charge < -0.3 is 9.72 Å². The number of H-pyrrole nitrogens is 1. The molecule has 0 fully saturated rings. The Bertz CT molecular complexity index is 1740. The van der Waals surface area contributed by atoms with E-state index < -0.39 is 0 Å². The van der Waals surface area contributed by atoms with Gasteiger partial charge in [0.2, 0.25) is 6.33 Å². The van der Waals surface area contributed by atoms with Gasteiger partial charge in [-0.3, -0.25) is 4.57 Å². The number of aromatic nitrogens is 5. The van der Waals surface area contributed by atoms with Gasteiger partial charge in [0, 0.05) is 34.8 Å². The molecule has 3 aromatic carbocycles. The highest BCUT2D eigenvalue weighted by atomic mass is 16.5. The van der Waals surface area contributed by atoms with Gasteiger partial charge in [-0.2, -0.15) is 0 Å². The maximum Gasteiger partial charge on any atom is 0.243 e. The molecule has 0 amide bonds. The number of fused-ring (bicyclic) bond motifs is 3. The van der Waals surface area contributed by atoms with Crippen molar-refractivity contribution in [3.63, 3.8) is 0 Å². The summed E-state index contributed by atoms with van der Waals surface area (Å²) in [5, 5.41) is 2.35. The van der Waals surface area contributed by atoms with E-state index in [-0.39, 0.29) is 0 Å². The van der Waals surface area contributed by atoms with Crippen LogP contribution in [-0.2, 0) is 14.1 Å². The van der Waals surface area contributed by atoms with E-state index in [0.29, 0.717) is 0 Å². The summed E-state index contributed by atoms with van der Waals surface area (Å²) in [4.78, 5) is 7.98. The van der Waals surface area contributed by atoms with Crippen molar-refractivity contribution >= 4 is 21.8 Å². The Hall–Kier alpha value is -4.84. The summed E-state index contributed by atoms with van der Waals surface area (Å²) in [5.74, 6) is 2.42. The van der Waals surface area contributed by atoms with E-state index >= 15 is 0 Å². The molecule has 3 aromatic heterocycles. The molecular formula is C30H26N5O+. The molecule has 0 spiro atoms. The zero-order valence-corrected chi connectivity index (χ0v) is 20.2. The number of pyridine rings is 1. The fourth-order valence-electron chi connectivity index (χ4n) is 4.61. The first-order valence-corrected chi connectivity index (χ1v) is 11.8. The lowest BCUT2D eigenvalue weighted by Crippen LogP contribution is -2.28. The number of nitrogens with one attached hydrogen (secondary N) is 1. The highest BCUT2D eigenvalue weighted by molar-refractivity contribution is 6.09. The summed E-state index contributed by atoms with van der Waals surface area (Å²) in [6.45, 7) is 0. The summed E-state index contributed by atoms with van der Waals surface area (Å²) in [6, 6.07) is 28.7. The summed E-state index contributed by atoms with van der Waals surface area (Å²) in [6.07, 6.45) is 9.78. The Balaban J connectivity index is 1.42. The molecule has 6 nitrogen and oxygen atoms in total. The Morgan fingerprint density at radius 2 is 1.67 bits per heavy atom. The molecule has 3 heterocycles. The van der Waals surface area contributed by atoms with Crippen LogP contribution in [0.5, 0.6) is 11.5 Å². The van der Waals surface area contributed by atoms with E-state index in [0.717, 1.165) is 45.0 Å². The van der Waals surface area contributed by atoms with Crippen LogP contribution in [-0.4, -0.2) is 19.1 Å². The molecular weight excluding hydrogens is 446 g/mol. The topological polar surface area (TPSA) is 51.6 Å². The minimum absolute atomic E-state index is 0.768. The smallest absolute Gasteiger partial charge is 0.243 e. The number of aryl methyl sites for hydroxylation is 2. The summed E-state index contributed by atoms with van der Waals surface area (Å²) >= 11 is 0. The standard InChI is InChI=1S/C30H26N5O/c1-33-17-16-31-27(20-34(2)21-33)22-8-7-9-23(18-22)36-24-13-14-26-25-10-3-4-11-28(25)35(29(26)19-24)30-12-5-6-15-32-30/h3-21,31H,1-2H3/q+1. The summed E-state index contributed by atoms with van der Waals surface area (Å²) in [5.41, 5.74) is 4.19. The first-order valence-electron chi connectivity index (χ1n) is 11.8. The molecule has 0 aliphatic heterocycles. The Morgan fingerprint density at radius 3 is 2.56 bits per heavy atom. The third-order valence-electron chi connectivity index (χ3n) is 6.15. The average molecular weight is 473 g/mol. The van der Waals surface area contributed by atoms with Crippen LogP contribution in [0.4, 0.5) is 0 Å². The highest BCUT2D eigenvalue weighted by Gasteiger charge is 2.14. The normalized spacial score (nSPS) is 11.1. The van der Waals surface area contributed by atoms with Crippen molar-refractivity contribution in [3.8, 4) is 28.6 Å². The van der Waals surface area contributed by atoms with E-state index in [9.17, 15) is 0 Å². The molecule has 0 saturated heterocycles. The van der Waals surface area contributed by atoms with E-state index in [1.807, 2.05) is 90.6 Å². The fourth-order valence-corrected chi connectivity index (χ4v) is 4.61. The van der Waals surface area contributed by atoms with Crippen LogP contribution >= 0.6 is 0 Å². The number of hydrogen-bond donors (Lipinski definition) is 1. The molecule has 0 bridgehead atoms. The predicted molar refractivity (Wildman–Crippen MR) is 143 cm³/mol. The van der Waals surface area contributed by atoms with E-state index in [1.165, 1.54) is 5.39 Å². The number of ether oxygens (including phenoxy) is 1. The van der Waals surface area contributed by atoms with Crippen LogP contribution < -0.4 is 9.30 Å². The Labute approximate surface area is 209 Å². The van der Waals surface area contributed by atoms with Crippen LogP contribution in [0.3, 0.4) is 0 Å². The number of rotatable bonds is 4. The van der Waals surface area contributed by atoms with Crippen molar-refractivity contribution in [3.05, 3.63) is 116 Å². The van der Waals surface area contributed by atoms with Crippen LogP contribution in [0.25, 0.3) is 38.9 Å². The van der Waals surface area contributed by atoms with Crippen LogP contribution in [0.1, 0.15) is 0 Å². The van der Waals surface area contributed by atoms with E-state index in [2.05, 4.69) is 63.2 Å². The lowest BCUT2D eigenvalue weighted by atomic mass is 10.1. The molecule has 6 aromatic rings. The molecule has 6 rings (SSSR count). The molecule has 0 aliphatic rings. The van der Waals surface area contributed by atoms with Gasteiger partial charge in [0.05, 0.1) is 30.8 Å². The molecule has 6 heteroatoms. The van der Waals surface area contributed by atoms with Crippen LogP contribution in [0.2, 0.25) is 0 Å². The second kappa shape index (κ2) is 9.07. The summed E-state index contributed by atoms with van der Waals surface area (Å²) in [7, 11) is 4.00. The van der Waals surface area contributed by atoms with E-state index in [1.54, 1.807) is 0 Å². The molecule has 0 saturated carbocycles. The number of benzene rings is 3. The van der Waals surface area contributed by atoms with Gasteiger partial charge in [-0.15, -0.1) is 0 Å². The van der Waals surface area contributed by atoms with Crippen LogP contribution in [0, 0.1) is 0 Å². The minimum atomic E-state index is 0.768. The molecule has 0 radical (unpaired) electrons. The summed E-state index contributed by atoms with van der Waals surface area (Å²) < 4.78 is 12.6. The monoisotopic (exact) mass is 472 g/mol. The molecule has 0 aliphatic carbocycles. The number of para-hydroxylation sites is 1. The maximum absolute atomic E-state index is 6.37. The maximum atomic E-state index is 6.37. The largest absolute Gasteiger partial charge is 0.457 e. The van der Waals surface area contributed by atoms with Gasteiger partial charge in [0.25, 0.3) is 0 Å². The average Bonchev–Trinajstić information content (AvgIpc) is 3.21. The van der Waals surface area contributed by atoms with Crippen molar-refractivity contribution in [1.82, 2.24) is 19.1 Å². The first-order chi connectivity index (χ1) is 17.7. The van der Waals surface area contributed by atoms with Crippen molar-refractivity contribution in [2.45, 2.75) is 0 Å². The van der Waals surface area contributed by atoms with Crippen molar-refractivity contribution < 1.29 is 9.30 Å². The number of nitrogens with zero attached hydrogens (tertiary/aromatic N) is 4. The van der Waals surface area contributed by atoms with Crippen molar-refractivity contribution in [2.24, 2.45) is 14.1 Å². The SMILES string of the molecule is Cn1cc[nH]c(-c2cccc(Oc3ccc4c5ccccc5n(-c5ccccn5)c4c3)c2)c[n+](C)c1. The van der Waals surface area contributed by atoms with Gasteiger partial charge >= 0.3 is 0 Å². The second-order valence-corrected chi connectivity index (χ2v) is 8.80. The Morgan fingerprint density at radius 1 is 0.833 bits per heavy atom. The van der Waals surface area contributed by atoms with Gasteiger partial charge in [-0.25, -0.2) is 14.1 Å². The number of hydrogen-bond acceptors (Lipinski definition) is 2. The molecule has 0 unspecified atom stereocenters. The zero-order valence-electron chi connectivity index (χ0n) is 20.2. The molecule has 176 valence electrons. The third kappa shape index (κ3) is 4.09. The fraction of sp³-hybridized carbons (Fsp3) is 0.0667. The van der Waals surface area contributed by atoms with Crippen molar-refractivity contribution in [2.75, 3.05) is 0 Å². The highest BCUT2D eigenvalue weighted by Crippen LogP contribution is 2.35. The lowest BCUT2D eigenvalue weighted by molar-refractivity contribution is -0.674. The Kier molecular flexibility index (Phi) is 5.46. The van der Waals surface area contributed by atoms with Gasteiger partial charge in [-0.05, 0) is 42.5 Å². The van der Waals surface area contributed by atoms with Crippen LogP contribution in [0.15, 0.2) is 116 Å². The number of aromatic amines is 1. The quantitative estimate of drug-likeness (QED) is 0.308. The van der Waals surface area contributed by atoms with E-state index in [4.69, 9.17) is 4.74 Å². The van der Waals surface area contributed by atoms with Gasteiger partial charge in [-0.1, -0.05) is 36.4 Å². The molecule has 0 atom stereocenters. The van der Waals surface area contributed by atoms with Crippen molar-refractivity contribution in [1.29, 1.82) is 0 Å². The van der Waals surface area contributed by atoms with Gasteiger partial charge in [0.15, 0.2) is 0 Å². The predicted octanol–water partition coefficient (Wildman–Crippen LogP) is 6.25. The molecule has 36 heavy (non-hydrogen) atoms. The minimum Gasteiger partial charge on any atom is -0.457 e. The lowest BCUT2D eigenvalue weighted by Gasteiger charge is -2.10. The third-order valence-corrected chi connectivity index (χ3v) is 6.15. The molecule has 1 N–H and O–H groups in total. The first kappa shape index (κ1) is 21.7. The van der Waals surface area contributed by atoms with Gasteiger partial charge in [0.1, 0.15) is 29.7 Å². The zero-order chi connectivity index (χ0) is 24.5.